The van der Waals surface area contributed by atoms with E-state index in [1.54, 1.807) is 0 Å². The molecule has 0 amide bonds. The molecule has 1 aliphatic carbocycles. The molecule has 1 rings (SSSR count). The van der Waals surface area contributed by atoms with Gasteiger partial charge in [0.2, 0.25) is 0 Å². The number of hydrogen-bond acceptors (Lipinski definition) is 1. The minimum Gasteiger partial charge on any atom is -0.246 e. The van der Waals surface area contributed by atoms with Gasteiger partial charge in [0.05, 0.1) is 12.5 Å². The van der Waals surface area contributed by atoms with E-state index in [1.807, 2.05) is 6.07 Å². The first kappa shape index (κ1) is 8.52. The minimum atomic E-state index is -0.861. The fourth-order valence-corrected chi connectivity index (χ4v) is 1.75. The maximum absolute atomic E-state index is 13.1. The number of hydrogen-bond donors (Lipinski definition) is 0. The van der Waals surface area contributed by atoms with Gasteiger partial charge in [-0.2, -0.15) is 5.26 Å². The van der Waals surface area contributed by atoms with Crippen molar-refractivity contribution < 1.29 is 4.39 Å². The van der Waals surface area contributed by atoms with Gasteiger partial charge in [-0.05, 0) is 18.8 Å². The average Bonchev–Trinajstić information content (AvgIpc) is 2.07. The van der Waals surface area contributed by atoms with Crippen LogP contribution in [0, 0.1) is 17.2 Å². The van der Waals surface area contributed by atoms with Crippen molar-refractivity contribution in [2.75, 3.05) is 0 Å². The average molecular weight is 155 g/mol. The van der Waals surface area contributed by atoms with Gasteiger partial charge in [-0.1, -0.05) is 19.3 Å². The smallest absolute Gasteiger partial charge is 0.116 e. The van der Waals surface area contributed by atoms with Gasteiger partial charge in [0, 0.05) is 0 Å². The maximum Gasteiger partial charge on any atom is 0.116 e. The molecule has 0 spiro atoms. The summed E-state index contributed by atoms with van der Waals surface area (Å²) in [4.78, 5) is 0. The Bertz CT molecular complexity index is 144. The second kappa shape index (κ2) is 4.33. The van der Waals surface area contributed by atoms with E-state index in [-0.39, 0.29) is 12.3 Å². The zero-order valence-electron chi connectivity index (χ0n) is 6.72. The molecule has 0 saturated heterocycles. The molecule has 0 aliphatic heterocycles. The van der Waals surface area contributed by atoms with Crippen LogP contribution >= 0.6 is 0 Å². The number of rotatable bonds is 2. The highest BCUT2D eigenvalue weighted by molar-refractivity contribution is 4.82. The van der Waals surface area contributed by atoms with Crippen LogP contribution in [-0.4, -0.2) is 6.17 Å². The summed E-state index contributed by atoms with van der Waals surface area (Å²) in [6.45, 7) is 0. The van der Waals surface area contributed by atoms with E-state index in [2.05, 4.69) is 0 Å². The molecule has 0 bridgehead atoms. The molecule has 11 heavy (non-hydrogen) atoms. The first-order valence-corrected chi connectivity index (χ1v) is 4.35. The molecule has 0 heterocycles. The van der Waals surface area contributed by atoms with Gasteiger partial charge in [0.25, 0.3) is 0 Å². The standard InChI is InChI=1S/C9H14FN/c10-9(6-7-11)8-4-2-1-3-5-8/h8-9H,1-6H2/t9-/m0/s1. The Morgan fingerprint density at radius 1 is 1.36 bits per heavy atom. The lowest BCUT2D eigenvalue weighted by Crippen LogP contribution is -2.18. The van der Waals surface area contributed by atoms with Gasteiger partial charge in [-0.15, -0.1) is 0 Å². The highest BCUT2D eigenvalue weighted by atomic mass is 19.1. The Balaban J connectivity index is 2.27. The first-order chi connectivity index (χ1) is 5.34. The molecule has 1 saturated carbocycles. The summed E-state index contributed by atoms with van der Waals surface area (Å²) in [6.07, 6.45) is 4.75. The van der Waals surface area contributed by atoms with E-state index in [1.165, 1.54) is 6.42 Å². The predicted molar refractivity (Wildman–Crippen MR) is 41.7 cm³/mol. The Morgan fingerprint density at radius 2 is 2.00 bits per heavy atom. The molecule has 0 unspecified atom stereocenters. The number of alkyl halides is 1. The van der Waals surface area contributed by atoms with Crippen LogP contribution in [0.2, 0.25) is 0 Å². The first-order valence-electron chi connectivity index (χ1n) is 4.35. The minimum absolute atomic E-state index is 0.0880. The van der Waals surface area contributed by atoms with E-state index in [4.69, 9.17) is 5.26 Å². The summed E-state index contributed by atoms with van der Waals surface area (Å²) in [5.74, 6) is 0.184. The lowest BCUT2D eigenvalue weighted by Gasteiger charge is -2.23. The van der Waals surface area contributed by atoms with Crippen molar-refractivity contribution in [1.29, 1.82) is 5.26 Å². The topological polar surface area (TPSA) is 23.8 Å². The van der Waals surface area contributed by atoms with Crippen molar-refractivity contribution in [3.05, 3.63) is 0 Å². The monoisotopic (exact) mass is 155 g/mol. The molecule has 1 fully saturated rings. The molecule has 0 aromatic heterocycles. The van der Waals surface area contributed by atoms with E-state index >= 15 is 0 Å². The highest BCUT2D eigenvalue weighted by Crippen LogP contribution is 2.29. The second-order valence-corrected chi connectivity index (χ2v) is 3.28. The Kier molecular flexibility index (Phi) is 3.35. The van der Waals surface area contributed by atoms with Crippen molar-refractivity contribution in [3.63, 3.8) is 0 Å². The van der Waals surface area contributed by atoms with E-state index < -0.39 is 6.17 Å². The summed E-state index contributed by atoms with van der Waals surface area (Å²) in [6, 6.07) is 1.89. The van der Waals surface area contributed by atoms with Crippen molar-refractivity contribution in [1.82, 2.24) is 0 Å². The van der Waals surface area contributed by atoms with Crippen LogP contribution in [0.1, 0.15) is 38.5 Å². The van der Waals surface area contributed by atoms with Crippen LogP contribution in [0.15, 0.2) is 0 Å². The third-order valence-electron chi connectivity index (χ3n) is 2.45. The van der Waals surface area contributed by atoms with Crippen LogP contribution in [0.25, 0.3) is 0 Å². The molecule has 1 atom stereocenters. The lowest BCUT2D eigenvalue weighted by molar-refractivity contribution is 0.184. The molecule has 62 valence electrons. The summed E-state index contributed by atoms with van der Waals surface area (Å²) >= 11 is 0. The van der Waals surface area contributed by atoms with Crippen molar-refractivity contribution >= 4 is 0 Å². The highest BCUT2D eigenvalue weighted by Gasteiger charge is 2.22. The normalized spacial score (nSPS) is 22.5. The van der Waals surface area contributed by atoms with Crippen molar-refractivity contribution in [3.8, 4) is 6.07 Å². The van der Waals surface area contributed by atoms with Gasteiger partial charge in [-0.25, -0.2) is 4.39 Å². The zero-order valence-corrected chi connectivity index (χ0v) is 6.72. The fourth-order valence-electron chi connectivity index (χ4n) is 1.75. The van der Waals surface area contributed by atoms with Crippen molar-refractivity contribution in [2.45, 2.75) is 44.7 Å². The molecule has 0 aromatic rings. The molecular formula is C9H14FN. The van der Waals surface area contributed by atoms with Crippen LogP contribution in [-0.2, 0) is 0 Å². The summed E-state index contributed by atoms with van der Waals surface area (Å²) < 4.78 is 13.1. The van der Waals surface area contributed by atoms with Gasteiger partial charge in [0.1, 0.15) is 6.17 Å². The maximum atomic E-state index is 13.1. The Morgan fingerprint density at radius 3 is 2.55 bits per heavy atom. The van der Waals surface area contributed by atoms with Crippen molar-refractivity contribution in [2.24, 2.45) is 5.92 Å². The second-order valence-electron chi connectivity index (χ2n) is 3.28. The van der Waals surface area contributed by atoms with Crippen LogP contribution < -0.4 is 0 Å². The van der Waals surface area contributed by atoms with Gasteiger partial charge in [0.15, 0.2) is 0 Å². The molecule has 1 nitrogen and oxygen atoms in total. The van der Waals surface area contributed by atoms with E-state index in [9.17, 15) is 4.39 Å². The molecule has 2 heteroatoms. The lowest BCUT2D eigenvalue weighted by atomic mass is 9.85. The molecule has 1 aliphatic rings. The van der Waals surface area contributed by atoms with E-state index in [0.717, 1.165) is 25.7 Å². The molecule has 0 aromatic carbocycles. The fraction of sp³-hybridized carbons (Fsp3) is 0.889. The van der Waals surface area contributed by atoms with Crippen LogP contribution in [0.5, 0.6) is 0 Å². The number of halogens is 1. The predicted octanol–water partition coefficient (Wildman–Crippen LogP) is 2.82. The molecule has 0 N–H and O–H groups in total. The van der Waals surface area contributed by atoms with E-state index in [0.29, 0.717) is 0 Å². The van der Waals surface area contributed by atoms with Crippen LogP contribution in [0.4, 0.5) is 4.39 Å². The molecule has 0 radical (unpaired) electrons. The SMILES string of the molecule is N#CC[C@H](F)C1CCCCC1. The largest absolute Gasteiger partial charge is 0.246 e. The van der Waals surface area contributed by atoms with Gasteiger partial charge in [-0.3, -0.25) is 0 Å². The summed E-state index contributed by atoms with van der Waals surface area (Å²) in [5.41, 5.74) is 0. The quantitative estimate of drug-likeness (QED) is 0.601. The summed E-state index contributed by atoms with van der Waals surface area (Å²) in [7, 11) is 0. The Labute approximate surface area is 67.2 Å². The Hall–Kier alpha value is -0.580. The summed E-state index contributed by atoms with van der Waals surface area (Å²) in [5, 5.41) is 8.28. The third-order valence-corrected chi connectivity index (χ3v) is 2.45. The zero-order chi connectivity index (χ0) is 8.10. The van der Waals surface area contributed by atoms with Crippen LogP contribution in [0.3, 0.4) is 0 Å². The van der Waals surface area contributed by atoms with Gasteiger partial charge < -0.3 is 0 Å². The number of nitriles is 1. The van der Waals surface area contributed by atoms with Gasteiger partial charge >= 0.3 is 0 Å². The number of nitrogens with zero attached hydrogens (tertiary/aromatic N) is 1. The third kappa shape index (κ3) is 2.49. The molecular weight excluding hydrogens is 141 g/mol.